The lowest BCUT2D eigenvalue weighted by Gasteiger charge is -2.26. The Bertz CT molecular complexity index is 538. The van der Waals surface area contributed by atoms with Crippen LogP contribution in [0, 0.1) is 12.8 Å². The molecule has 2 aliphatic rings. The van der Waals surface area contributed by atoms with Gasteiger partial charge in [0, 0.05) is 5.92 Å². The normalized spacial score (nSPS) is 22.8. The summed E-state index contributed by atoms with van der Waals surface area (Å²) in [5.41, 5.74) is 5.11. The number of aryl methyl sites for hydroxylation is 1. The van der Waals surface area contributed by atoms with E-state index in [1.54, 1.807) is 11.8 Å². The van der Waals surface area contributed by atoms with Crippen molar-refractivity contribution in [3.05, 3.63) is 35.4 Å². The molecule has 1 atom stereocenters. The van der Waals surface area contributed by atoms with E-state index in [-0.39, 0.29) is 23.1 Å². The van der Waals surface area contributed by atoms with Gasteiger partial charge >= 0.3 is 0 Å². The Morgan fingerprint density at radius 3 is 2.57 bits per heavy atom. The maximum absolute atomic E-state index is 12.3. The molecule has 1 N–H and O–H groups in total. The number of nitrogens with zero attached hydrogens (tertiary/aromatic N) is 1. The van der Waals surface area contributed by atoms with E-state index < -0.39 is 0 Å². The molecule has 1 aromatic carbocycles. The van der Waals surface area contributed by atoms with Gasteiger partial charge in [0.1, 0.15) is 5.37 Å². The van der Waals surface area contributed by atoms with Crippen LogP contribution >= 0.6 is 11.8 Å². The van der Waals surface area contributed by atoms with Crippen molar-refractivity contribution >= 4 is 23.6 Å². The van der Waals surface area contributed by atoms with Crippen LogP contribution in [0.15, 0.2) is 24.3 Å². The Kier molecular flexibility index (Phi) is 4.19. The van der Waals surface area contributed by atoms with Gasteiger partial charge in [0.25, 0.3) is 5.91 Å². The Balaban J connectivity index is 1.73. The molecule has 1 aliphatic heterocycles. The summed E-state index contributed by atoms with van der Waals surface area (Å²) in [5.74, 6) is 0.475. The van der Waals surface area contributed by atoms with Crippen LogP contribution in [0.2, 0.25) is 0 Å². The van der Waals surface area contributed by atoms with E-state index in [9.17, 15) is 9.59 Å². The monoisotopic (exact) mass is 304 g/mol. The standard InChI is InChI=1S/C16H20N2O2S/c1-11-6-8-13(9-7-11)16-18(14(19)10-21-16)17-15(20)12-4-2-3-5-12/h6-9,12,16H,2-5,10H2,1H3,(H,17,20). The quantitative estimate of drug-likeness (QED) is 0.934. The third-order valence-electron chi connectivity index (χ3n) is 4.19. The van der Waals surface area contributed by atoms with E-state index in [0.717, 1.165) is 31.2 Å². The molecular weight excluding hydrogens is 284 g/mol. The van der Waals surface area contributed by atoms with Gasteiger partial charge in [-0.2, -0.15) is 0 Å². The first-order chi connectivity index (χ1) is 10.1. The minimum Gasteiger partial charge on any atom is -0.273 e. The van der Waals surface area contributed by atoms with Crippen LogP contribution in [0.1, 0.15) is 42.2 Å². The zero-order chi connectivity index (χ0) is 14.8. The van der Waals surface area contributed by atoms with Gasteiger partial charge in [-0.1, -0.05) is 42.7 Å². The number of nitrogens with one attached hydrogen (secondary N) is 1. The van der Waals surface area contributed by atoms with Gasteiger partial charge in [-0.3, -0.25) is 15.0 Å². The SMILES string of the molecule is Cc1ccc(C2SCC(=O)N2NC(=O)C2CCCC2)cc1. The third kappa shape index (κ3) is 3.07. The summed E-state index contributed by atoms with van der Waals surface area (Å²) in [4.78, 5) is 24.3. The molecule has 1 unspecified atom stereocenters. The molecule has 0 radical (unpaired) electrons. The fourth-order valence-corrected chi connectivity index (χ4v) is 4.03. The van der Waals surface area contributed by atoms with E-state index in [1.807, 2.05) is 31.2 Å². The number of hydrazine groups is 1. The van der Waals surface area contributed by atoms with Crippen molar-refractivity contribution in [1.82, 2.24) is 10.4 Å². The Labute approximate surface area is 129 Å². The molecule has 0 bridgehead atoms. The fraction of sp³-hybridized carbons (Fsp3) is 0.500. The minimum absolute atomic E-state index is 0.000427. The van der Waals surface area contributed by atoms with Gasteiger partial charge in [0.05, 0.1) is 5.75 Å². The van der Waals surface area contributed by atoms with Gasteiger partial charge < -0.3 is 0 Å². The number of carbonyl (C=O) groups excluding carboxylic acids is 2. The summed E-state index contributed by atoms with van der Waals surface area (Å²) in [6.45, 7) is 2.04. The van der Waals surface area contributed by atoms with Crippen molar-refractivity contribution in [2.45, 2.75) is 38.0 Å². The number of carbonyl (C=O) groups is 2. The van der Waals surface area contributed by atoms with Crippen molar-refractivity contribution in [2.24, 2.45) is 5.92 Å². The number of hydrogen-bond acceptors (Lipinski definition) is 3. The van der Waals surface area contributed by atoms with Crippen molar-refractivity contribution in [3.8, 4) is 0 Å². The number of hydrogen-bond donors (Lipinski definition) is 1. The predicted octanol–water partition coefficient (Wildman–Crippen LogP) is 2.79. The zero-order valence-electron chi connectivity index (χ0n) is 12.2. The highest BCUT2D eigenvalue weighted by Crippen LogP contribution is 2.37. The molecule has 2 fully saturated rings. The molecule has 112 valence electrons. The highest BCUT2D eigenvalue weighted by atomic mass is 32.2. The summed E-state index contributed by atoms with van der Waals surface area (Å²) < 4.78 is 0. The van der Waals surface area contributed by atoms with E-state index in [4.69, 9.17) is 0 Å². The number of rotatable bonds is 3. The summed E-state index contributed by atoms with van der Waals surface area (Å²) in [6, 6.07) is 8.13. The highest BCUT2D eigenvalue weighted by molar-refractivity contribution is 8.00. The summed E-state index contributed by atoms with van der Waals surface area (Å²) in [7, 11) is 0. The molecule has 1 saturated carbocycles. The Hall–Kier alpha value is -1.49. The van der Waals surface area contributed by atoms with Gasteiger partial charge in [-0.15, -0.1) is 11.8 Å². The molecule has 0 spiro atoms. The van der Waals surface area contributed by atoms with Crippen molar-refractivity contribution < 1.29 is 9.59 Å². The maximum Gasteiger partial charge on any atom is 0.252 e. The summed E-state index contributed by atoms with van der Waals surface area (Å²) in [6.07, 6.45) is 4.11. The largest absolute Gasteiger partial charge is 0.273 e. The van der Waals surface area contributed by atoms with Gasteiger partial charge in [-0.05, 0) is 25.3 Å². The first kappa shape index (κ1) is 14.4. The highest BCUT2D eigenvalue weighted by Gasteiger charge is 2.35. The second kappa shape index (κ2) is 6.10. The molecule has 4 nitrogen and oxygen atoms in total. The Morgan fingerprint density at radius 1 is 1.24 bits per heavy atom. The average Bonchev–Trinajstić information content (AvgIpc) is 3.11. The summed E-state index contributed by atoms with van der Waals surface area (Å²) in [5, 5.41) is 1.42. The van der Waals surface area contributed by atoms with Crippen molar-refractivity contribution in [2.75, 3.05) is 5.75 Å². The van der Waals surface area contributed by atoms with E-state index in [1.165, 1.54) is 10.6 Å². The fourth-order valence-electron chi connectivity index (χ4n) is 2.92. The number of amides is 2. The second-order valence-electron chi connectivity index (χ2n) is 5.80. The first-order valence-corrected chi connectivity index (χ1v) is 8.51. The molecule has 1 saturated heterocycles. The van der Waals surface area contributed by atoms with Gasteiger partial charge in [-0.25, -0.2) is 5.01 Å². The third-order valence-corrected chi connectivity index (χ3v) is 5.40. The Morgan fingerprint density at radius 2 is 1.90 bits per heavy atom. The summed E-state index contributed by atoms with van der Waals surface area (Å²) >= 11 is 1.56. The molecular formula is C16H20N2O2S. The number of thioether (sulfide) groups is 1. The van der Waals surface area contributed by atoms with Crippen molar-refractivity contribution in [1.29, 1.82) is 0 Å². The van der Waals surface area contributed by atoms with Crippen LogP contribution in [0.25, 0.3) is 0 Å². The van der Waals surface area contributed by atoms with Crippen LogP contribution in [-0.2, 0) is 9.59 Å². The van der Waals surface area contributed by atoms with Crippen LogP contribution < -0.4 is 5.43 Å². The minimum atomic E-state index is -0.108. The topological polar surface area (TPSA) is 49.4 Å². The second-order valence-corrected chi connectivity index (χ2v) is 6.86. The molecule has 1 aliphatic carbocycles. The van der Waals surface area contributed by atoms with E-state index in [2.05, 4.69) is 5.43 Å². The average molecular weight is 304 g/mol. The van der Waals surface area contributed by atoms with E-state index in [0.29, 0.717) is 5.75 Å². The molecule has 1 heterocycles. The predicted molar refractivity (Wildman–Crippen MR) is 83.3 cm³/mol. The van der Waals surface area contributed by atoms with Crippen molar-refractivity contribution in [3.63, 3.8) is 0 Å². The van der Waals surface area contributed by atoms with Crippen LogP contribution in [-0.4, -0.2) is 22.6 Å². The molecule has 5 heteroatoms. The van der Waals surface area contributed by atoms with Crippen LogP contribution in [0.4, 0.5) is 0 Å². The molecule has 0 aromatic heterocycles. The van der Waals surface area contributed by atoms with Crippen LogP contribution in [0.5, 0.6) is 0 Å². The lowest BCUT2D eigenvalue weighted by molar-refractivity contribution is -0.141. The first-order valence-electron chi connectivity index (χ1n) is 7.46. The molecule has 2 amide bonds. The van der Waals surface area contributed by atoms with Gasteiger partial charge in [0.15, 0.2) is 0 Å². The lowest BCUT2D eigenvalue weighted by Crippen LogP contribution is -2.46. The molecule has 21 heavy (non-hydrogen) atoms. The number of benzene rings is 1. The zero-order valence-corrected chi connectivity index (χ0v) is 13.0. The van der Waals surface area contributed by atoms with Crippen LogP contribution in [0.3, 0.4) is 0 Å². The maximum atomic E-state index is 12.3. The van der Waals surface area contributed by atoms with Gasteiger partial charge in [0.2, 0.25) is 5.91 Å². The smallest absolute Gasteiger partial charge is 0.252 e. The molecule has 3 rings (SSSR count). The lowest BCUT2D eigenvalue weighted by atomic mass is 10.1. The molecule has 1 aromatic rings. The van der Waals surface area contributed by atoms with E-state index >= 15 is 0 Å².